The number of carbonyl (C=O) groups is 1. The molecule has 0 saturated carbocycles. The number of para-hydroxylation sites is 1. The van der Waals surface area contributed by atoms with Gasteiger partial charge < -0.3 is 5.32 Å². The Hall–Kier alpha value is -2.49. The summed E-state index contributed by atoms with van der Waals surface area (Å²) in [4.78, 5) is 11.8. The third-order valence-electron chi connectivity index (χ3n) is 2.81. The van der Waals surface area contributed by atoms with Gasteiger partial charge in [-0.2, -0.15) is 10.2 Å². The van der Waals surface area contributed by atoms with Gasteiger partial charge >= 0.3 is 0 Å². The Balaban J connectivity index is 1.90. The highest BCUT2D eigenvalue weighted by Crippen LogP contribution is 2.33. The lowest BCUT2D eigenvalue weighted by Crippen LogP contribution is -2.09. The summed E-state index contributed by atoms with van der Waals surface area (Å²) >= 11 is 0. The molecular weight excluding hydrogens is 226 g/mol. The zero-order valence-electron chi connectivity index (χ0n) is 9.58. The van der Waals surface area contributed by atoms with Gasteiger partial charge in [-0.05, 0) is 18.2 Å². The summed E-state index contributed by atoms with van der Waals surface area (Å²) in [6.45, 7) is 0. The average Bonchev–Trinajstić information content (AvgIpc) is 2.73. The Morgan fingerprint density at radius 2 is 1.67 bits per heavy atom. The first-order chi connectivity index (χ1) is 8.84. The van der Waals surface area contributed by atoms with Gasteiger partial charge in [-0.25, -0.2) is 0 Å². The maximum atomic E-state index is 11.8. The number of fused-ring (bicyclic) bond motifs is 1. The second kappa shape index (κ2) is 4.41. The van der Waals surface area contributed by atoms with E-state index in [2.05, 4.69) is 15.5 Å². The largest absolute Gasteiger partial charge is 0.324 e. The molecule has 18 heavy (non-hydrogen) atoms. The molecule has 0 bridgehead atoms. The molecular formula is C14H11N3O. The van der Waals surface area contributed by atoms with Crippen molar-refractivity contribution in [1.82, 2.24) is 0 Å². The molecule has 4 heteroatoms. The fourth-order valence-electron chi connectivity index (χ4n) is 1.93. The van der Waals surface area contributed by atoms with Gasteiger partial charge in [0, 0.05) is 11.3 Å². The van der Waals surface area contributed by atoms with E-state index in [0.717, 1.165) is 16.9 Å². The standard InChI is InChI=1S/C14H11N3O/c18-14-13(11-8-4-5-9-12(11)15-14)17-16-10-6-2-1-3-7-10/h1-9,13H,(H,15,18). The van der Waals surface area contributed by atoms with E-state index < -0.39 is 6.04 Å². The molecule has 1 aliphatic rings. The lowest BCUT2D eigenvalue weighted by atomic mass is 10.1. The molecule has 1 heterocycles. The number of nitrogens with one attached hydrogen (secondary N) is 1. The number of nitrogens with zero attached hydrogens (tertiary/aromatic N) is 2. The third kappa shape index (κ3) is 1.88. The Bertz CT molecular complexity index is 607. The molecule has 0 aromatic heterocycles. The molecule has 2 aromatic rings. The highest BCUT2D eigenvalue weighted by Gasteiger charge is 2.29. The first-order valence-corrected chi connectivity index (χ1v) is 5.70. The summed E-state index contributed by atoms with van der Waals surface area (Å²) in [5.41, 5.74) is 2.44. The lowest BCUT2D eigenvalue weighted by molar-refractivity contribution is -0.116. The van der Waals surface area contributed by atoms with Crippen LogP contribution in [0.2, 0.25) is 0 Å². The molecule has 0 radical (unpaired) electrons. The number of amides is 1. The molecule has 1 amide bonds. The second-order valence-corrected chi connectivity index (χ2v) is 4.03. The van der Waals surface area contributed by atoms with Crippen molar-refractivity contribution in [2.24, 2.45) is 10.2 Å². The molecule has 0 saturated heterocycles. The maximum Gasteiger partial charge on any atom is 0.255 e. The van der Waals surface area contributed by atoms with Crippen molar-refractivity contribution in [3.63, 3.8) is 0 Å². The summed E-state index contributed by atoms with van der Waals surface area (Å²) in [5, 5.41) is 11.0. The first kappa shape index (κ1) is 10.7. The Morgan fingerprint density at radius 3 is 2.50 bits per heavy atom. The topological polar surface area (TPSA) is 53.8 Å². The number of carbonyl (C=O) groups excluding carboxylic acids is 1. The highest BCUT2D eigenvalue weighted by atomic mass is 16.2. The number of benzene rings is 2. The van der Waals surface area contributed by atoms with Crippen molar-refractivity contribution >= 4 is 17.3 Å². The van der Waals surface area contributed by atoms with Crippen LogP contribution in [-0.4, -0.2) is 5.91 Å². The van der Waals surface area contributed by atoms with Crippen molar-refractivity contribution in [2.45, 2.75) is 6.04 Å². The van der Waals surface area contributed by atoms with Crippen molar-refractivity contribution in [2.75, 3.05) is 5.32 Å². The number of hydrogen-bond acceptors (Lipinski definition) is 3. The maximum absolute atomic E-state index is 11.8. The van der Waals surface area contributed by atoms with E-state index in [1.807, 2.05) is 54.6 Å². The molecule has 88 valence electrons. The van der Waals surface area contributed by atoms with Gasteiger partial charge in [-0.3, -0.25) is 4.79 Å². The van der Waals surface area contributed by atoms with E-state index >= 15 is 0 Å². The van der Waals surface area contributed by atoms with Crippen LogP contribution in [0.4, 0.5) is 11.4 Å². The van der Waals surface area contributed by atoms with Crippen LogP contribution >= 0.6 is 0 Å². The minimum atomic E-state index is -0.540. The quantitative estimate of drug-likeness (QED) is 0.799. The van der Waals surface area contributed by atoms with Gasteiger partial charge in [-0.15, -0.1) is 0 Å². The molecule has 0 aliphatic carbocycles. The van der Waals surface area contributed by atoms with Gasteiger partial charge in [0.2, 0.25) is 0 Å². The molecule has 1 aliphatic heterocycles. The van der Waals surface area contributed by atoms with Crippen LogP contribution < -0.4 is 5.32 Å². The van der Waals surface area contributed by atoms with Crippen LogP contribution in [-0.2, 0) is 4.79 Å². The second-order valence-electron chi connectivity index (χ2n) is 4.03. The molecule has 1 atom stereocenters. The summed E-state index contributed by atoms with van der Waals surface area (Å²) in [6.07, 6.45) is 0. The van der Waals surface area contributed by atoms with Crippen LogP contribution in [0.15, 0.2) is 64.8 Å². The number of azo groups is 1. The smallest absolute Gasteiger partial charge is 0.255 e. The SMILES string of the molecule is O=C1Nc2ccccc2C1N=Nc1ccccc1. The average molecular weight is 237 g/mol. The van der Waals surface area contributed by atoms with E-state index in [9.17, 15) is 4.79 Å². The van der Waals surface area contributed by atoms with Crippen LogP contribution in [0.3, 0.4) is 0 Å². The molecule has 0 fully saturated rings. The molecule has 0 spiro atoms. The van der Waals surface area contributed by atoms with Crippen molar-refractivity contribution < 1.29 is 4.79 Å². The highest BCUT2D eigenvalue weighted by molar-refractivity contribution is 6.02. The number of anilines is 1. The Kier molecular flexibility index (Phi) is 2.61. The molecule has 1 unspecified atom stereocenters. The number of hydrogen-bond donors (Lipinski definition) is 1. The molecule has 4 nitrogen and oxygen atoms in total. The molecule has 2 aromatic carbocycles. The van der Waals surface area contributed by atoms with Crippen molar-refractivity contribution in [1.29, 1.82) is 0 Å². The van der Waals surface area contributed by atoms with Crippen LogP contribution in [0.25, 0.3) is 0 Å². The van der Waals surface area contributed by atoms with Gasteiger partial charge in [0.25, 0.3) is 5.91 Å². The predicted molar refractivity (Wildman–Crippen MR) is 68.8 cm³/mol. The van der Waals surface area contributed by atoms with Crippen LogP contribution in [0.5, 0.6) is 0 Å². The van der Waals surface area contributed by atoms with Crippen LogP contribution in [0, 0.1) is 0 Å². The summed E-state index contributed by atoms with van der Waals surface area (Å²) in [5.74, 6) is -0.129. The minimum Gasteiger partial charge on any atom is -0.324 e. The van der Waals surface area contributed by atoms with Gasteiger partial charge in [0.05, 0.1) is 5.69 Å². The van der Waals surface area contributed by atoms with E-state index in [1.165, 1.54) is 0 Å². The van der Waals surface area contributed by atoms with Gasteiger partial charge in [-0.1, -0.05) is 36.4 Å². The zero-order chi connectivity index (χ0) is 12.4. The van der Waals surface area contributed by atoms with Crippen molar-refractivity contribution in [3.05, 3.63) is 60.2 Å². The minimum absolute atomic E-state index is 0.129. The van der Waals surface area contributed by atoms with Gasteiger partial charge in [0.1, 0.15) is 0 Å². The fourth-order valence-corrected chi connectivity index (χ4v) is 1.93. The first-order valence-electron chi connectivity index (χ1n) is 5.70. The lowest BCUT2D eigenvalue weighted by Gasteiger charge is -2.00. The molecule has 3 rings (SSSR count). The fraction of sp³-hybridized carbons (Fsp3) is 0.0714. The van der Waals surface area contributed by atoms with E-state index in [0.29, 0.717) is 0 Å². The Morgan fingerprint density at radius 1 is 0.944 bits per heavy atom. The van der Waals surface area contributed by atoms with E-state index in [1.54, 1.807) is 0 Å². The van der Waals surface area contributed by atoms with Gasteiger partial charge in [0.15, 0.2) is 6.04 Å². The van der Waals surface area contributed by atoms with E-state index in [4.69, 9.17) is 0 Å². The summed E-state index contributed by atoms with van der Waals surface area (Å²) in [6, 6.07) is 16.4. The summed E-state index contributed by atoms with van der Waals surface area (Å²) < 4.78 is 0. The normalized spacial score (nSPS) is 17.8. The third-order valence-corrected chi connectivity index (χ3v) is 2.81. The van der Waals surface area contributed by atoms with E-state index in [-0.39, 0.29) is 5.91 Å². The Labute approximate surface area is 104 Å². The zero-order valence-corrected chi connectivity index (χ0v) is 9.58. The van der Waals surface area contributed by atoms with Crippen LogP contribution in [0.1, 0.15) is 11.6 Å². The van der Waals surface area contributed by atoms with Crippen molar-refractivity contribution in [3.8, 4) is 0 Å². The molecule has 1 N–H and O–H groups in total. The summed E-state index contributed by atoms with van der Waals surface area (Å²) in [7, 11) is 0. The number of rotatable bonds is 2. The predicted octanol–water partition coefficient (Wildman–Crippen LogP) is 3.46. The monoisotopic (exact) mass is 237 g/mol.